The van der Waals surface area contributed by atoms with Gasteiger partial charge >= 0.3 is 5.97 Å². The molecule has 0 spiro atoms. The van der Waals surface area contributed by atoms with Crippen LogP contribution in [0, 0.1) is 0 Å². The lowest BCUT2D eigenvalue weighted by Crippen LogP contribution is -2.23. The molecule has 0 heterocycles. The van der Waals surface area contributed by atoms with E-state index in [9.17, 15) is 4.79 Å². The third-order valence-electron chi connectivity index (χ3n) is 3.15. The number of carbonyl (C=O) groups is 1. The van der Waals surface area contributed by atoms with Gasteiger partial charge in [-0.05, 0) is 31.4 Å². The monoisotopic (exact) mass is 250 g/mol. The lowest BCUT2D eigenvalue weighted by atomic mass is 10.0. The molecule has 0 aromatic heterocycles. The van der Waals surface area contributed by atoms with Crippen LogP contribution in [0.25, 0.3) is 0 Å². The predicted molar refractivity (Wildman–Crippen MR) is 71.3 cm³/mol. The molecule has 0 aliphatic rings. The maximum Gasteiger partial charge on any atom is 0.309 e. The van der Waals surface area contributed by atoms with Gasteiger partial charge in [0, 0.05) is 0 Å². The smallest absolute Gasteiger partial charge is 0.309 e. The second kappa shape index (κ2) is 6.55. The van der Waals surface area contributed by atoms with Crippen LogP contribution in [0.4, 0.5) is 0 Å². The highest BCUT2D eigenvalue weighted by atomic mass is 16.5. The summed E-state index contributed by atoms with van der Waals surface area (Å²) in [6, 6.07) is 7.81. The Hall–Kier alpha value is -1.35. The SMILES string of the molecule is CCC(C)(C)OCc1ccccc1CC(=O)OC. The number of carbonyl (C=O) groups excluding carboxylic acids is 1. The Labute approximate surface area is 109 Å². The van der Waals surface area contributed by atoms with Crippen LogP contribution in [0.3, 0.4) is 0 Å². The van der Waals surface area contributed by atoms with Crippen molar-refractivity contribution in [2.75, 3.05) is 7.11 Å². The fourth-order valence-corrected chi connectivity index (χ4v) is 1.47. The summed E-state index contributed by atoms with van der Waals surface area (Å²) < 4.78 is 10.6. The van der Waals surface area contributed by atoms with Crippen LogP contribution in [-0.2, 0) is 27.3 Å². The van der Waals surface area contributed by atoms with Crippen molar-refractivity contribution in [3.63, 3.8) is 0 Å². The molecule has 0 bridgehead atoms. The summed E-state index contributed by atoms with van der Waals surface area (Å²) in [7, 11) is 1.40. The second-order valence-electron chi connectivity index (χ2n) is 4.92. The van der Waals surface area contributed by atoms with E-state index in [1.807, 2.05) is 24.3 Å². The van der Waals surface area contributed by atoms with Crippen LogP contribution in [0.15, 0.2) is 24.3 Å². The minimum atomic E-state index is -0.225. The van der Waals surface area contributed by atoms with Gasteiger partial charge in [-0.2, -0.15) is 0 Å². The first-order valence-corrected chi connectivity index (χ1v) is 6.26. The topological polar surface area (TPSA) is 35.5 Å². The van der Waals surface area contributed by atoms with Crippen molar-refractivity contribution in [2.24, 2.45) is 0 Å². The first-order chi connectivity index (χ1) is 8.48. The van der Waals surface area contributed by atoms with Gasteiger partial charge in [0.25, 0.3) is 0 Å². The van der Waals surface area contributed by atoms with Gasteiger partial charge < -0.3 is 9.47 Å². The number of ether oxygens (including phenoxy) is 2. The number of hydrogen-bond donors (Lipinski definition) is 0. The normalized spacial score (nSPS) is 11.3. The molecule has 18 heavy (non-hydrogen) atoms. The van der Waals surface area contributed by atoms with Crippen molar-refractivity contribution in [3.05, 3.63) is 35.4 Å². The molecule has 0 N–H and O–H groups in total. The average Bonchev–Trinajstić information content (AvgIpc) is 2.37. The summed E-state index contributed by atoms with van der Waals surface area (Å²) >= 11 is 0. The van der Waals surface area contributed by atoms with Gasteiger partial charge in [0.05, 0.1) is 25.7 Å². The number of methoxy groups -OCH3 is 1. The second-order valence-corrected chi connectivity index (χ2v) is 4.92. The summed E-state index contributed by atoms with van der Waals surface area (Å²) in [6.45, 7) is 6.75. The van der Waals surface area contributed by atoms with Crippen molar-refractivity contribution in [2.45, 2.75) is 45.8 Å². The molecular weight excluding hydrogens is 228 g/mol. The van der Waals surface area contributed by atoms with Crippen molar-refractivity contribution in [1.82, 2.24) is 0 Å². The Balaban J connectivity index is 2.73. The summed E-state index contributed by atoms with van der Waals surface area (Å²) in [6.07, 6.45) is 1.24. The Bertz CT molecular complexity index is 396. The first kappa shape index (κ1) is 14.7. The predicted octanol–water partition coefficient (Wildman–Crippen LogP) is 3.11. The highest BCUT2D eigenvalue weighted by molar-refractivity contribution is 5.72. The van der Waals surface area contributed by atoms with E-state index < -0.39 is 0 Å². The van der Waals surface area contributed by atoms with E-state index >= 15 is 0 Å². The molecule has 0 saturated heterocycles. The van der Waals surface area contributed by atoms with Crippen molar-refractivity contribution in [1.29, 1.82) is 0 Å². The van der Waals surface area contributed by atoms with Gasteiger partial charge in [-0.15, -0.1) is 0 Å². The Morgan fingerprint density at radius 3 is 2.39 bits per heavy atom. The van der Waals surface area contributed by atoms with Gasteiger partial charge in [0.15, 0.2) is 0 Å². The molecule has 0 radical (unpaired) electrons. The van der Waals surface area contributed by atoms with E-state index in [0.29, 0.717) is 13.0 Å². The average molecular weight is 250 g/mol. The zero-order valence-electron chi connectivity index (χ0n) is 11.7. The van der Waals surface area contributed by atoms with Gasteiger partial charge in [0.2, 0.25) is 0 Å². The summed E-state index contributed by atoms with van der Waals surface area (Å²) in [5, 5.41) is 0. The Morgan fingerprint density at radius 2 is 1.83 bits per heavy atom. The van der Waals surface area contributed by atoms with Gasteiger partial charge in [-0.25, -0.2) is 0 Å². The minimum absolute atomic E-state index is 0.140. The third-order valence-corrected chi connectivity index (χ3v) is 3.15. The number of rotatable bonds is 6. The fraction of sp³-hybridized carbons (Fsp3) is 0.533. The number of benzene rings is 1. The molecule has 0 aliphatic heterocycles. The van der Waals surface area contributed by atoms with E-state index in [4.69, 9.17) is 9.47 Å². The standard InChI is InChI=1S/C15H22O3/c1-5-15(2,3)18-11-13-9-7-6-8-12(13)10-14(16)17-4/h6-9H,5,10-11H2,1-4H3. The summed E-state index contributed by atoms with van der Waals surface area (Å²) in [5.41, 5.74) is 1.87. The molecule has 0 atom stereocenters. The molecular formula is C15H22O3. The zero-order valence-corrected chi connectivity index (χ0v) is 11.7. The van der Waals surface area contributed by atoms with Crippen molar-refractivity contribution >= 4 is 5.97 Å². The Morgan fingerprint density at radius 1 is 1.22 bits per heavy atom. The Kier molecular flexibility index (Phi) is 5.35. The third kappa shape index (κ3) is 4.49. The van der Waals surface area contributed by atoms with Crippen molar-refractivity contribution < 1.29 is 14.3 Å². The van der Waals surface area contributed by atoms with E-state index in [1.54, 1.807) is 0 Å². The lowest BCUT2D eigenvalue weighted by molar-refractivity contribution is -0.139. The maximum atomic E-state index is 11.3. The van der Waals surface area contributed by atoms with Gasteiger partial charge in [-0.1, -0.05) is 31.2 Å². The first-order valence-electron chi connectivity index (χ1n) is 6.26. The van der Waals surface area contributed by atoms with Crippen LogP contribution in [0.1, 0.15) is 38.3 Å². The molecule has 3 heteroatoms. The quantitative estimate of drug-likeness (QED) is 0.728. The van der Waals surface area contributed by atoms with E-state index in [-0.39, 0.29) is 11.6 Å². The van der Waals surface area contributed by atoms with Crippen LogP contribution in [-0.4, -0.2) is 18.7 Å². The van der Waals surface area contributed by atoms with Gasteiger partial charge in [0.1, 0.15) is 0 Å². The molecule has 0 aliphatic carbocycles. The van der Waals surface area contributed by atoms with Crippen molar-refractivity contribution in [3.8, 4) is 0 Å². The van der Waals surface area contributed by atoms with Crippen LogP contribution in [0.2, 0.25) is 0 Å². The molecule has 0 saturated carbocycles. The highest BCUT2D eigenvalue weighted by Gasteiger charge is 2.16. The number of hydrogen-bond acceptors (Lipinski definition) is 3. The van der Waals surface area contributed by atoms with Crippen LogP contribution in [0.5, 0.6) is 0 Å². The van der Waals surface area contributed by atoms with E-state index in [2.05, 4.69) is 20.8 Å². The summed E-state index contributed by atoms with van der Waals surface area (Å²) in [5.74, 6) is -0.225. The van der Waals surface area contributed by atoms with Gasteiger partial charge in [-0.3, -0.25) is 4.79 Å². The molecule has 3 nitrogen and oxygen atoms in total. The molecule has 100 valence electrons. The molecule has 1 aromatic rings. The van der Waals surface area contributed by atoms with E-state index in [1.165, 1.54) is 7.11 Å². The molecule has 1 aromatic carbocycles. The number of esters is 1. The zero-order chi connectivity index (χ0) is 13.6. The summed E-state index contributed by atoms with van der Waals surface area (Å²) in [4.78, 5) is 11.3. The highest BCUT2D eigenvalue weighted by Crippen LogP contribution is 2.19. The van der Waals surface area contributed by atoms with Crippen LogP contribution < -0.4 is 0 Å². The van der Waals surface area contributed by atoms with E-state index in [0.717, 1.165) is 17.5 Å². The fourth-order valence-electron chi connectivity index (χ4n) is 1.47. The largest absolute Gasteiger partial charge is 0.469 e. The molecule has 0 fully saturated rings. The maximum absolute atomic E-state index is 11.3. The molecule has 1 rings (SSSR count). The van der Waals surface area contributed by atoms with Crippen LogP contribution >= 0.6 is 0 Å². The molecule has 0 unspecified atom stereocenters. The molecule has 0 amide bonds. The lowest BCUT2D eigenvalue weighted by Gasteiger charge is -2.24. The minimum Gasteiger partial charge on any atom is -0.469 e.